The minimum Gasteiger partial charge on any atom is -0.314 e. The lowest BCUT2D eigenvalue weighted by Crippen LogP contribution is -2.35. The van der Waals surface area contributed by atoms with Crippen LogP contribution >= 0.6 is 15.9 Å². The number of likely N-dealkylation sites (tertiary alicyclic amines) is 1. The van der Waals surface area contributed by atoms with E-state index in [1.165, 1.54) is 38.9 Å². The second-order valence-electron chi connectivity index (χ2n) is 4.78. The molecule has 2 nitrogen and oxygen atoms in total. The lowest BCUT2D eigenvalue weighted by molar-refractivity contribution is 0.323. The van der Waals surface area contributed by atoms with Crippen LogP contribution in [0.15, 0.2) is 0 Å². The molecule has 0 saturated carbocycles. The van der Waals surface area contributed by atoms with Gasteiger partial charge in [0.15, 0.2) is 0 Å². The lowest BCUT2D eigenvalue weighted by Gasteiger charge is -2.20. The van der Waals surface area contributed by atoms with Crippen molar-refractivity contribution in [1.82, 2.24) is 10.2 Å². The average Bonchev–Trinajstić information content (AvgIpc) is 2.75. The van der Waals surface area contributed by atoms with Gasteiger partial charge in [0.05, 0.1) is 0 Å². The summed E-state index contributed by atoms with van der Waals surface area (Å²) in [6.07, 6.45) is 4.11. The van der Waals surface area contributed by atoms with Gasteiger partial charge in [0.1, 0.15) is 0 Å². The smallest absolute Gasteiger partial charge is 0.00723 e. The number of nitrogens with one attached hydrogen (secondary N) is 1. The number of alkyl halides is 1. The predicted octanol–water partition coefficient (Wildman–Crippen LogP) is 2.48. The zero-order valence-corrected chi connectivity index (χ0v) is 11.7. The Kier molecular flexibility index (Phi) is 6.86. The van der Waals surface area contributed by atoms with Crippen LogP contribution in [0.2, 0.25) is 0 Å². The van der Waals surface area contributed by atoms with Crippen LogP contribution in [-0.2, 0) is 0 Å². The number of hydrogen-bond acceptors (Lipinski definition) is 2. The first-order valence-corrected chi connectivity index (χ1v) is 7.38. The topological polar surface area (TPSA) is 15.3 Å². The van der Waals surface area contributed by atoms with Crippen LogP contribution in [0, 0.1) is 5.92 Å². The second kappa shape index (κ2) is 7.64. The fraction of sp³-hybridized carbons (Fsp3) is 1.00. The molecule has 3 heteroatoms. The van der Waals surface area contributed by atoms with Gasteiger partial charge in [-0.15, -0.1) is 0 Å². The molecule has 1 N–H and O–H groups in total. The molecule has 90 valence electrons. The molecule has 2 atom stereocenters. The van der Waals surface area contributed by atoms with E-state index in [4.69, 9.17) is 0 Å². The van der Waals surface area contributed by atoms with Crippen molar-refractivity contribution in [2.45, 2.75) is 39.2 Å². The first-order valence-electron chi connectivity index (χ1n) is 6.25. The van der Waals surface area contributed by atoms with Gasteiger partial charge in [-0.05, 0) is 58.3 Å². The highest BCUT2D eigenvalue weighted by Crippen LogP contribution is 2.08. The van der Waals surface area contributed by atoms with Crippen molar-refractivity contribution in [2.24, 2.45) is 5.92 Å². The molecule has 0 bridgehead atoms. The molecule has 1 heterocycles. The van der Waals surface area contributed by atoms with Crippen molar-refractivity contribution in [3.05, 3.63) is 0 Å². The summed E-state index contributed by atoms with van der Waals surface area (Å²) < 4.78 is 0. The highest BCUT2D eigenvalue weighted by Gasteiger charge is 2.12. The zero-order valence-electron chi connectivity index (χ0n) is 10.1. The molecule has 1 rings (SSSR count). The van der Waals surface area contributed by atoms with Gasteiger partial charge in [-0.3, -0.25) is 0 Å². The van der Waals surface area contributed by atoms with Crippen molar-refractivity contribution in [2.75, 3.05) is 31.5 Å². The summed E-state index contributed by atoms with van der Waals surface area (Å²) in [7, 11) is 0. The van der Waals surface area contributed by atoms with Crippen LogP contribution in [-0.4, -0.2) is 42.5 Å². The average molecular weight is 277 g/mol. The maximum absolute atomic E-state index is 3.60. The molecule has 1 aliphatic rings. The molecule has 0 aromatic rings. The fourth-order valence-corrected chi connectivity index (χ4v) is 2.53. The summed E-state index contributed by atoms with van der Waals surface area (Å²) in [5, 5.41) is 4.69. The Labute approximate surface area is 103 Å². The van der Waals surface area contributed by atoms with Crippen LogP contribution in [0.25, 0.3) is 0 Å². The minimum atomic E-state index is 0.628. The second-order valence-corrected chi connectivity index (χ2v) is 5.42. The summed E-state index contributed by atoms with van der Waals surface area (Å²) in [4.78, 5) is 2.58. The number of halogens is 1. The summed E-state index contributed by atoms with van der Waals surface area (Å²) in [5.41, 5.74) is 0. The van der Waals surface area contributed by atoms with Crippen LogP contribution in [0.4, 0.5) is 0 Å². The summed E-state index contributed by atoms with van der Waals surface area (Å²) in [5.74, 6) is 0.719. The maximum Gasteiger partial charge on any atom is 0.00723 e. The monoisotopic (exact) mass is 276 g/mol. The Hall–Kier alpha value is 0.400. The first kappa shape index (κ1) is 13.5. The maximum atomic E-state index is 3.60. The van der Waals surface area contributed by atoms with E-state index < -0.39 is 0 Å². The van der Waals surface area contributed by atoms with Crippen LogP contribution in [0.3, 0.4) is 0 Å². The van der Waals surface area contributed by atoms with Gasteiger partial charge in [0.2, 0.25) is 0 Å². The van der Waals surface area contributed by atoms with Gasteiger partial charge < -0.3 is 10.2 Å². The van der Waals surface area contributed by atoms with Crippen molar-refractivity contribution in [3.63, 3.8) is 0 Å². The van der Waals surface area contributed by atoms with Gasteiger partial charge in [-0.2, -0.15) is 0 Å². The fourth-order valence-electron chi connectivity index (χ4n) is 1.97. The van der Waals surface area contributed by atoms with Crippen LogP contribution in [0.5, 0.6) is 0 Å². The van der Waals surface area contributed by atoms with E-state index in [0.717, 1.165) is 17.8 Å². The molecule has 0 aromatic heterocycles. The van der Waals surface area contributed by atoms with E-state index in [2.05, 4.69) is 40.0 Å². The van der Waals surface area contributed by atoms with Gasteiger partial charge in [-0.25, -0.2) is 0 Å². The lowest BCUT2D eigenvalue weighted by atomic mass is 10.1. The van der Waals surface area contributed by atoms with E-state index in [1.54, 1.807) is 0 Å². The zero-order chi connectivity index (χ0) is 11.1. The molecular weight excluding hydrogens is 252 g/mol. The molecule has 0 amide bonds. The highest BCUT2D eigenvalue weighted by atomic mass is 79.9. The van der Waals surface area contributed by atoms with Crippen molar-refractivity contribution in [1.29, 1.82) is 0 Å². The molecule has 1 aliphatic heterocycles. The Morgan fingerprint density at radius 1 is 1.27 bits per heavy atom. The predicted molar refractivity (Wildman–Crippen MR) is 70.7 cm³/mol. The van der Waals surface area contributed by atoms with Gasteiger partial charge in [-0.1, -0.05) is 22.9 Å². The van der Waals surface area contributed by atoms with E-state index in [-0.39, 0.29) is 0 Å². The third-order valence-electron chi connectivity index (χ3n) is 3.41. The first-order chi connectivity index (χ1) is 7.24. The molecule has 0 aromatic carbocycles. The SMILES string of the molecule is CC(CBr)C(C)NCCCN1CCCC1. The van der Waals surface area contributed by atoms with Crippen molar-refractivity contribution >= 4 is 15.9 Å². The largest absolute Gasteiger partial charge is 0.314 e. The Balaban J connectivity index is 1.96. The molecule has 0 aliphatic carbocycles. The van der Waals surface area contributed by atoms with E-state index >= 15 is 0 Å². The van der Waals surface area contributed by atoms with Crippen LogP contribution in [0.1, 0.15) is 33.1 Å². The van der Waals surface area contributed by atoms with Gasteiger partial charge >= 0.3 is 0 Å². The van der Waals surface area contributed by atoms with Crippen molar-refractivity contribution < 1.29 is 0 Å². The molecule has 1 saturated heterocycles. The van der Waals surface area contributed by atoms with E-state index in [0.29, 0.717) is 6.04 Å². The van der Waals surface area contributed by atoms with E-state index in [1.807, 2.05) is 0 Å². The number of nitrogens with zero attached hydrogens (tertiary/aromatic N) is 1. The van der Waals surface area contributed by atoms with Crippen molar-refractivity contribution in [3.8, 4) is 0 Å². The standard InChI is InChI=1S/C12H25BrN2/c1-11(10-13)12(2)14-6-5-9-15-7-3-4-8-15/h11-12,14H,3-10H2,1-2H3. The van der Waals surface area contributed by atoms with E-state index in [9.17, 15) is 0 Å². The molecular formula is C12H25BrN2. The molecule has 1 fully saturated rings. The summed E-state index contributed by atoms with van der Waals surface area (Å²) in [6.45, 7) is 9.66. The Morgan fingerprint density at radius 2 is 1.93 bits per heavy atom. The minimum absolute atomic E-state index is 0.628. The molecule has 0 spiro atoms. The summed E-state index contributed by atoms with van der Waals surface area (Å²) >= 11 is 3.53. The van der Waals surface area contributed by atoms with Crippen LogP contribution < -0.4 is 5.32 Å². The quantitative estimate of drug-likeness (QED) is 0.568. The van der Waals surface area contributed by atoms with Gasteiger partial charge in [0.25, 0.3) is 0 Å². The highest BCUT2D eigenvalue weighted by molar-refractivity contribution is 9.09. The molecule has 0 radical (unpaired) electrons. The Morgan fingerprint density at radius 3 is 2.53 bits per heavy atom. The third-order valence-corrected chi connectivity index (χ3v) is 4.43. The number of rotatable bonds is 7. The molecule has 2 unspecified atom stereocenters. The summed E-state index contributed by atoms with van der Waals surface area (Å²) in [6, 6.07) is 0.628. The van der Waals surface area contributed by atoms with Gasteiger partial charge in [0, 0.05) is 11.4 Å². The Bertz CT molecular complexity index is 158. The number of hydrogen-bond donors (Lipinski definition) is 1. The third kappa shape index (κ3) is 5.32. The molecule has 15 heavy (non-hydrogen) atoms. The normalized spacial score (nSPS) is 21.8.